The Hall–Kier alpha value is -6.00. The van der Waals surface area contributed by atoms with Gasteiger partial charge < -0.3 is 5.11 Å². The Labute approximate surface area is 280 Å². The van der Waals surface area contributed by atoms with Gasteiger partial charge in [-0.3, -0.25) is 9.55 Å². The largest absolute Gasteiger partial charge is 0.507 e. The number of hydrogen-bond acceptors (Lipinski definition) is 3. The molecule has 4 nitrogen and oxygen atoms in total. The Balaban J connectivity index is 1.43. The smallest absolute Gasteiger partial charge is 0.149 e. The standard InChI is InChI=1S/C44H35N3O/c1-27-24-29(3)42(30(4)25-27)47-39-20-10-17-35(41(39)46-44(47)37-19-8-12-28(2)43(37)48)33-21-22-34(31-13-6-5-7-14-31)38(26-33)36-18-9-15-32-16-11-23-45-40(32)36/h5-26,48H,1-4H3. The molecule has 6 aromatic carbocycles. The monoisotopic (exact) mass is 621 g/mol. The van der Waals surface area contributed by atoms with Gasteiger partial charge in [-0.15, -0.1) is 0 Å². The van der Waals surface area contributed by atoms with Crippen molar-refractivity contribution in [2.75, 3.05) is 0 Å². The molecule has 0 atom stereocenters. The highest BCUT2D eigenvalue weighted by Gasteiger charge is 2.23. The highest BCUT2D eigenvalue weighted by atomic mass is 16.3. The quantitative estimate of drug-likeness (QED) is 0.208. The highest BCUT2D eigenvalue weighted by molar-refractivity contribution is 6.02. The first-order valence-electron chi connectivity index (χ1n) is 16.3. The first-order valence-corrected chi connectivity index (χ1v) is 16.3. The molecule has 0 saturated carbocycles. The van der Waals surface area contributed by atoms with Crippen LogP contribution in [-0.4, -0.2) is 19.6 Å². The number of aromatic nitrogens is 3. The van der Waals surface area contributed by atoms with E-state index in [-0.39, 0.29) is 5.75 Å². The van der Waals surface area contributed by atoms with Gasteiger partial charge in [0.15, 0.2) is 0 Å². The highest BCUT2D eigenvalue weighted by Crippen LogP contribution is 2.42. The van der Waals surface area contributed by atoms with Crippen LogP contribution in [0.4, 0.5) is 0 Å². The number of rotatable bonds is 5. The molecule has 0 saturated heterocycles. The summed E-state index contributed by atoms with van der Waals surface area (Å²) < 4.78 is 2.23. The van der Waals surface area contributed by atoms with Gasteiger partial charge in [-0.2, -0.15) is 0 Å². The minimum absolute atomic E-state index is 0.246. The molecule has 0 fully saturated rings. The van der Waals surface area contributed by atoms with E-state index in [1.165, 1.54) is 5.56 Å². The Morgan fingerprint density at radius 3 is 2.04 bits per heavy atom. The molecular weight excluding hydrogens is 587 g/mol. The van der Waals surface area contributed by atoms with E-state index >= 15 is 0 Å². The van der Waals surface area contributed by atoms with E-state index in [0.29, 0.717) is 11.4 Å². The summed E-state index contributed by atoms with van der Waals surface area (Å²) in [4.78, 5) is 10.2. The summed E-state index contributed by atoms with van der Waals surface area (Å²) >= 11 is 0. The summed E-state index contributed by atoms with van der Waals surface area (Å²) in [5.74, 6) is 0.962. The van der Waals surface area contributed by atoms with Crippen LogP contribution in [-0.2, 0) is 0 Å². The number of benzene rings is 6. The van der Waals surface area contributed by atoms with Crippen molar-refractivity contribution in [1.82, 2.24) is 14.5 Å². The van der Waals surface area contributed by atoms with Gasteiger partial charge in [0.05, 0.1) is 27.8 Å². The minimum atomic E-state index is 0.246. The third kappa shape index (κ3) is 4.85. The maximum absolute atomic E-state index is 11.3. The predicted molar refractivity (Wildman–Crippen MR) is 199 cm³/mol. The first kappa shape index (κ1) is 29.4. The van der Waals surface area contributed by atoms with Crippen molar-refractivity contribution in [2.45, 2.75) is 27.7 Å². The van der Waals surface area contributed by atoms with Gasteiger partial charge in [-0.25, -0.2) is 4.98 Å². The van der Waals surface area contributed by atoms with Crippen molar-refractivity contribution in [3.8, 4) is 56.2 Å². The SMILES string of the molecule is Cc1cc(C)c(-n2c(-c3cccc(C)c3O)nc3c(-c4ccc(-c5ccccc5)c(-c5cccc6cccnc56)c4)cccc32)c(C)c1. The van der Waals surface area contributed by atoms with Crippen LogP contribution in [0.15, 0.2) is 134 Å². The van der Waals surface area contributed by atoms with Crippen molar-refractivity contribution in [2.24, 2.45) is 0 Å². The number of imidazole rings is 1. The average Bonchev–Trinajstić information content (AvgIpc) is 3.48. The fourth-order valence-electron chi connectivity index (χ4n) is 7.23. The lowest BCUT2D eigenvalue weighted by molar-refractivity contribution is 0.472. The van der Waals surface area contributed by atoms with Crippen molar-refractivity contribution in [3.63, 3.8) is 0 Å². The summed E-state index contributed by atoms with van der Waals surface area (Å²) in [6.07, 6.45) is 1.86. The number of aromatic hydroxyl groups is 1. The summed E-state index contributed by atoms with van der Waals surface area (Å²) in [5, 5.41) is 12.4. The van der Waals surface area contributed by atoms with E-state index in [1.54, 1.807) is 0 Å². The molecule has 0 aliphatic heterocycles. The molecule has 4 heteroatoms. The van der Waals surface area contributed by atoms with Gasteiger partial charge >= 0.3 is 0 Å². The Morgan fingerprint density at radius 1 is 0.521 bits per heavy atom. The van der Waals surface area contributed by atoms with Gasteiger partial charge in [-0.1, -0.05) is 109 Å². The second kappa shape index (κ2) is 11.7. The van der Waals surface area contributed by atoms with E-state index in [0.717, 1.165) is 77.7 Å². The lowest BCUT2D eigenvalue weighted by atomic mass is 9.90. The predicted octanol–water partition coefficient (Wildman–Crippen LogP) is 11.2. The third-order valence-electron chi connectivity index (χ3n) is 9.36. The van der Waals surface area contributed by atoms with Crippen LogP contribution in [0.2, 0.25) is 0 Å². The van der Waals surface area contributed by atoms with Crippen molar-refractivity contribution in [1.29, 1.82) is 0 Å². The van der Waals surface area contributed by atoms with Crippen LogP contribution in [0.5, 0.6) is 5.75 Å². The number of para-hydroxylation sites is 3. The lowest BCUT2D eigenvalue weighted by Crippen LogP contribution is -2.03. The van der Waals surface area contributed by atoms with Crippen LogP contribution >= 0.6 is 0 Å². The Bertz CT molecular complexity index is 2480. The van der Waals surface area contributed by atoms with E-state index in [1.807, 2.05) is 37.4 Å². The molecule has 0 aliphatic carbocycles. The maximum Gasteiger partial charge on any atom is 0.149 e. The molecule has 232 valence electrons. The van der Waals surface area contributed by atoms with Gasteiger partial charge in [0, 0.05) is 22.7 Å². The number of pyridine rings is 1. The molecule has 2 heterocycles. The van der Waals surface area contributed by atoms with Gasteiger partial charge in [0.25, 0.3) is 0 Å². The Morgan fingerprint density at radius 2 is 1.23 bits per heavy atom. The third-order valence-corrected chi connectivity index (χ3v) is 9.36. The molecule has 2 aromatic heterocycles. The normalized spacial score (nSPS) is 11.4. The molecule has 0 bridgehead atoms. The molecule has 0 spiro atoms. The molecule has 8 aromatic rings. The number of phenols is 1. The summed E-state index contributed by atoms with van der Waals surface area (Å²) in [6.45, 7) is 8.36. The van der Waals surface area contributed by atoms with Gasteiger partial charge in [0.1, 0.15) is 11.6 Å². The van der Waals surface area contributed by atoms with Crippen LogP contribution in [0.3, 0.4) is 0 Å². The zero-order chi connectivity index (χ0) is 32.9. The number of fused-ring (bicyclic) bond motifs is 2. The average molecular weight is 622 g/mol. The van der Waals surface area contributed by atoms with Crippen molar-refractivity contribution < 1.29 is 5.11 Å². The molecule has 0 amide bonds. The van der Waals surface area contributed by atoms with E-state index < -0.39 is 0 Å². The Kier molecular flexibility index (Phi) is 7.14. The zero-order valence-electron chi connectivity index (χ0n) is 27.5. The minimum Gasteiger partial charge on any atom is -0.507 e. The number of nitrogens with zero attached hydrogens (tertiary/aromatic N) is 3. The van der Waals surface area contributed by atoms with E-state index in [9.17, 15) is 5.11 Å². The molecule has 48 heavy (non-hydrogen) atoms. The van der Waals surface area contributed by atoms with E-state index in [4.69, 9.17) is 9.97 Å². The first-order chi connectivity index (χ1) is 23.4. The topological polar surface area (TPSA) is 50.9 Å². The van der Waals surface area contributed by atoms with Gasteiger partial charge in [-0.05, 0) is 90.9 Å². The summed E-state index contributed by atoms with van der Waals surface area (Å²) in [5.41, 5.74) is 15.5. The number of phenolic OH excluding ortho intramolecular Hbond substituents is 1. The molecule has 8 rings (SSSR count). The molecule has 0 unspecified atom stereocenters. The lowest BCUT2D eigenvalue weighted by Gasteiger charge is -2.17. The number of hydrogen-bond donors (Lipinski definition) is 1. The van der Waals surface area contributed by atoms with Gasteiger partial charge in [0.2, 0.25) is 0 Å². The molecule has 0 aliphatic rings. The second-order valence-electron chi connectivity index (χ2n) is 12.7. The fraction of sp³-hybridized carbons (Fsp3) is 0.0909. The molecular formula is C44H35N3O. The van der Waals surface area contributed by atoms with Crippen LogP contribution < -0.4 is 0 Å². The van der Waals surface area contributed by atoms with Crippen molar-refractivity contribution in [3.05, 3.63) is 156 Å². The zero-order valence-corrected chi connectivity index (χ0v) is 27.5. The van der Waals surface area contributed by atoms with Crippen LogP contribution in [0.25, 0.3) is 72.4 Å². The van der Waals surface area contributed by atoms with Crippen LogP contribution in [0, 0.1) is 27.7 Å². The molecule has 0 radical (unpaired) electrons. The molecule has 1 N–H and O–H groups in total. The van der Waals surface area contributed by atoms with Crippen LogP contribution in [0.1, 0.15) is 22.3 Å². The fourth-order valence-corrected chi connectivity index (χ4v) is 7.23. The van der Waals surface area contributed by atoms with Crippen molar-refractivity contribution >= 4 is 21.9 Å². The van der Waals surface area contributed by atoms with E-state index in [2.05, 4.69) is 128 Å². The number of aryl methyl sites for hydroxylation is 4. The summed E-state index contributed by atoms with van der Waals surface area (Å²) in [7, 11) is 0. The summed E-state index contributed by atoms with van der Waals surface area (Å²) in [6, 6.07) is 44.4. The second-order valence-corrected chi connectivity index (χ2v) is 12.7. The maximum atomic E-state index is 11.3.